The molecule has 2 N–H and O–H groups in total. The van der Waals surface area contributed by atoms with E-state index in [0.29, 0.717) is 13.0 Å². The number of nitrogens with zero attached hydrogens (tertiary/aromatic N) is 1. The van der Waals surface area contributed by atoms with Crippen LogP contribution < -0.4 is 10.6 Å². The molecule has 104 valence electrons. The Labute approximate surface area is 119 Å². The zero-order chi connectivity index (χ0) is 14.4. The van der Waals surface area contributed by atoms with Gasteiger partial charge in [0.05, 0.1) is 6.42 Å². The highest BCUT2D eigenvalue weighted by atomic mass is 16.1. The van der Waals surface area contributed by atoms with Crippen LogP contribution in [0.1, 0.15) is 16.8 Å². The van der Waals surface area contributed by atoms with Crippen LogP contribution in [0.2, 0.25) is 0 Å². The second-order valence-electron chi connectivity index (χ2n) is 4.67. The van der Waals surface area contributed by atoms with Gasteiger partial charge in [0, 0.05) is 31.2 Å². The van der Waals surface area contributed by atoms with Gasteiger partial charge in [-0.1, -0.05) is 24.3 Å². The first kappa shape index (κ1) is 14.1. The molecule has 0 aliphatic rings. The number of para-hydroxylation sites is 1. The van der Waals surface area contributed by atoms with Crippen LogP contribution >= 0.6 is 0 Å². The Kier molecular flexibility index (Phi) is 4.71. The number of aryl methyl sites for hydroxylation is 1. The van der Waals surface area contributed by atoms with E-state index in [1.807, 2.05) is 43.5 Å². The van der Waals surface area contributed by atoms with Crippen molar-refractivity contribution >= 4 is 11.6 Å². The van der Waals surface area contributed by atoms with E-state index in [1.165, 1.54) is 0 Å². The average Bonchev–Trinajstić information content (AvgIpc) is 2.48. The lowest BCUT2D eigenvalue weighted by Crippen LogP contribution is -2.20. The van der Waals surface area contributed by atoms with Crippen LogP contribution in [0.4, 0.5) is 5.69 Å². The van der Waals surface area contributed by atoms with E-state index in [9.17, 15) is 4.79 Å². The van der Waals surface area contributed by atoms with E-state index < -0.39 is 0 Å². The summed E-state index contributed by atoms with van der Waals surface area (Å²) in [6.07, 6.45) is 2.25. The van der Waals surface area contributed by atoms with Crippen LogP contribution in [-0.2, 0) is 17.8 Å². The Morgan fingerprint density at radius 2 is 2.00 bits per heavy atom. The van der Waals surface area contributed by atoms with Crippen LogP contribution in [-0.4, -0.2) is 17.9 Å². The van der Waals surface area contributed by atoms with Gasteiger partial charge in [-0.25, -0.2) is 0 Å². The van der Waals surface area contributed by atoms with Crippen LogP contribution in [0.5, 0.6) is 0 Å². The van der Waals surface area contributed by atoms with Gasteiger partial charge in [0.1, 0.15) is 0 Å². The SMILES string of the molecule is CNC(=O)Cc1ccccc1NCc1ccc(C)nc1. The third-order valence-corrected chi connectivity index (χ3v) is 3.10. The highest BCUT2D eigenvalue weighted by molar-refractivity contribution is 5.80. The monoisotopic (exact) mass is 269 g/mol. The maximum absolute atomic E-state index is 11.5. The largest absolute Gasteiger partial charge is 0.381 e. The van der Waals surface area contributed by atoms with E-state index in [0.717, 1.165) is 22.5 Å². The van der Waals surface area contributed by atoms with Gasteiger partial charge in [0.25, 0.3) is 0 Å². The fraction of sp³-hybridized carbons (Fsp3) is 0.250. The third kappa shape index (κ3) is 3.82. The fourth-order valence-electron chi connectivity index (χ4n) is 1.91. The summed E-state index contributed by atoms with van der Waals surface area (Å²) in [5, 5.41) is 6.00. The molecule has 1 aromatic carbocycles. The average molecular weight is 269 g/mol. The number of nitrogens with one attached hydrogen (secondary N) is 2. The van der Waals surface area contributed by atoms with E-state index in [1.54, 1.807) is 7.05 Å². The van der Waals surface area contributed by atoms with Crippen molar-refractivity contribution in [1.82, 2.24) is 10.3 Å². The molecular weight excluding hydrogens is 250 g/mol. The van der Waals surface area contributed by atoms with Gasteiger partial charge in [-0.3, -0.25) is 9.78 Å². The number of carbonyl (C=O) groups excluding carboxylic acids is 1. The number of pyridine rings is 1. The molecule has 0 bridgehead atoms. The molecular formula is C16H19N3O. The normalized spacial score (nSPS) is 10.1. The van der Waals surface area contributed by atoms with E-state index in [-0.39, 0.29) is 5.91 Å². The molecule has 1 heterocycles. The van der Waals surface area contributed by atoms with E-state index in [4.69, 9.17) is 0 Å². The van der Waals surface area contributed by atoms with Crippen LogP contribution in [0.15, 0.2) is 42.6 Å². The Morgan fingerprint density at radius 3 is 2.70 bits per heavy atom. The Balaban J connectivity index is 2.05. The summed E-state index contributed by atoms with van der Waals surface area (Å²) in [5.74, 6) is 0.0104. The molecule has 2 rings (SSSR count). The Hall–Kier alpha value is -2.36. The zero-order valence-corrected chi connectivity index (χ0v) is 11.8. The molecule has 1 amide bonds. The third-order valence-electron chi connectivity index (χ3n) is 3.10. The second kappa shape index (κ2) is 6.70. The molecule has 0 radical (unpaired) electrons. The van der Waals surface area contributed by atoms with Crippen LogP contribution in [0.3, 0.4) is 0 Å². The minimum atomic E-state index is 0.0104. The standard InChI is InChI=1S/C16H19N3O/c1-12-7-8-13(10-18-12)11-19-15-6-4-3-5-14(15)9-16(20)17-2/h3-8,10,19H,9,11H2,1-2H3,(H,17,20). The number of likely N-dealkylation sites (N-methyl/N-ethyl adjacent to an activating group) is 1. The summed E-state index contributed by atoms with van der Waals surface area (Å²) in [6.45, 7) is 2.66. The number of rotatable bonds is 5. The van der Waals surface area contributed by atoms with Crippen molar-refractivity contribution in [2.75, 3.05) is 12.4 Å². The van der Waals surface area contributed by atoms with Crippen molar-refractivity contribution in [3.05, 3.63) is 59.4 Å². The smallest absolute Gasteiger partial charge is 0.224 e. The van der Waals surface area contributed by atoms with Crippen molar-refractivity contribution in [2.45, 2.75) is 19.9 Å². The lowest BCUT2D eigenvalue weighted by molar-refractivity contribution is -0.119. The van der Waals surface area contributed by atoms with Gasteiger partial charge in [-0.15, -0.1) is 0 Å². The molecule has 0 spiro atoms. The first-order chi connectivity index (χ1) is 9.69. The molecule has 4 heteroatoms. The number of benzene rings is 1. The summed E-state index contributed by atoms with van der Waals surface area (Å²) >= 11 is 0. The summed E-state index contributed by atoms with van der Waals surface area (Å²) in [5.41, 5.74) is 4.10. The minimum Gasteiger partial charge on any atom is -0.381 e. The van der Waals surface area contributed by atoms with Gasteiger partial charge in [-0.2, -0.15) is 0 Å². The maximum Gasteiger partial charge on any atom is 0.224 e. The topological polar surface area (TPSA) is 54.0 Å². The molecule has 0 saturated heterocycles. The second-order valence-corrected chi connectivity index (χ2v) is 4.67. The number of carbonyl (C=O) groups is 1. The van der Waals surface area contributed by atoms with E-state index in [2.05, 4.69) is 21.7 Å². The van der Waals surface area contributed by atoms with Gasteiger partial charge < -0.3 is 10.6 Å². The van der Waals surface area contributed by atoms with Crippen molar-refractivity contribution in [3.63, 3.8) is 0 Å². The van der Waals surface area contributed by atoms with Crippen molar-refractivity contribution in [2.24, 2.45) is 0 Å². The van der Waals surface area contributed by atoms with Gasteiger partial charge in [0.15, 0.2) is 0 Å². The first-order valence-electron chi connectivity index (χ1n) is 6.63. The van der Waals surface area contributed by atoms with Crippen molar-refractivity contribution < 1.29 is 4.79 Å². The lowest BCUT2D eigenvalue weighted by atomic mass is 10.1. The molecule has 0 saturated carbocycles. The highest BCUT2D eigenvalue weighted by Crippen LogP contribution is 2.16. The Morgan fingerprint density at radius 1 is 1.20 bits per heavy atom. The number of amides is 1. The molecule has 4 nitrogen and oxygen atoms in total. The van der Waals surface area contributed by atoms with Crippen molar-refractivity contribution in [3.8, 4) is 0 Å². The minimum absolute atomic E-state index is 0.0104. The molecule has 0 unspecified atom stereocenters. The predicted octanol–water partition coefficient (Wildman–Crippen LogP) is 2.29. The Bertz CT molecular complexity index is 579. The van der Waals surface area contributed by atoms with Crippen molar-refractivity contribution in [1.29, 1.82) is 0 Å². The quantitative estimate of drug-likeness (QED) is 0.875. The number of anilines is 1. The summed E-state index contributed by atoms with van der Waals surface area (Å²) in [7, 11) is 1.65. The molecule has 0 aliphatic heterocycles. The highest BCUT2D eigenvalue weighted by Gasteiger charge is 2.06. The van der Waals surface area contributed by atoms with Gasteiger partial charge in [0.2, 0.25) is 5.91 Å². The molecule has 2 aromatic rings. The number of hydrogen-bond acceptors (Lipinski definition) is 3. The number of hydrogen-bond donors (Lipinski definition) is 2. The molecule has 20 heavy (non-hydrogen) atoms. The molecule has 0 fully saturated rings. The fourth-order valence-corrected chi connectivity index (χ4v) is 1.91. The number of aromatic nitrogens is 1. The molecule has 0 aliphatic carbocycles. The summed E-state index contributed by atoms with van der Waals surface area (Å²) in [6, 6.07) is 11.9. The first-order valence-corrected chi connectivity index (χ1v) is 6.63. The summed E-state index contributed by atoms with van der Waals surface area (Å²) in [4.78, 5) is 15.8. The zero-order valence-electron chi connectivity index (χ0n) is 11.8. The summed E-state index contributed by atoms with van der Waals surface area (Å²) < 4.78 is 0. The van der Waals surface area contributed by atoms with Gasteiger partial charge in [-0.05, 0) is 30.2 Å². The van der Waals surface area contributed by atoms with Crippen LogP contribution in [0.25, 0.3) is 0 Å². The maximum atomic E-state index is 11.5. The van der Waals surface area contributed by atoms with Crippen LogP contribution in [0, 0.1) is 6.92 Å². The molecule has 0 atom stereocenters. The molecule has 1 aromatic heterocycles. The predicted molar refractivity (Wildman–Crippen MR) is 80.5 cm³/mol. The van der Waals surface area contributed by atoms with Gasteiger partial charge >= 0.3 is 0 Å². The lowest BCUT2D eigenvalue weighted by Gasteiger charge is -2.11. The van der Waals surface area contributed by atoms with E-state index >= 15 is 0 Å².